The van der Waals surface area contributed by atoms with Crippen LogP contribution in [0.5, 0.6) is 0 Å². The van der Waals surface area contributed by atoms with Crippen molar-refractivity contribution in [3.05, 3.63) is 47.5 Å². The lowest BCUT2D eigenvalue weighted by Gasteiger charge is -2.41. The molecule has 2 bridgehead atoms. The van der Waals surface area contributed by atoms with E-state index in [0.29, 0.717) is 30.7 Å². The highest BCUT2D eigenvalue weighted by Crippen LogP contribution is 2.42. The number of imidazole rings is 1. The molecular formula is C35H52N6O2. The molecule has 1 saturated carbocycles. The zero-order valence-corrected chi connectivity index (χ0v) is 26.9. The summed E-state index contributed by atoms with van der Waals surface area (Å²) < 4.78 is 2.55. The van der Waals surface area contributed by atoms with Crippen LogP contribution in [0.2, 0.25) is 0 Å². The van der Waals surface area contributed by atoms with Crippen LogP contribution in [0.4, 0.5) is 10.5 Å². The topological polar surface area (TPSA) is 73.7 Å². The van der Waals surface area contributed by atoms with Gasteiger partial charge in [-0.15, -0.1) is 0 Å². The fourth-order valence-corrected chi connectivity index (χ4v) is 8.36. The van der Waals surface area contributed by atoms with Crippen LogP contribution in [0.3, 0.4) is 0 Å². The molecular weight excluding hydrogens is 536 g/mol. The number of carbonyl (C=O) groups is 2. The fraction of sp³-hybridized carbons (Fsp3) is 0.686. The van der Waals surface area contributed by atoms with Crippen LogP contribution in [0.15, 0.2) is 30.3 Å². The first kappa shape index (κ1) is 30.2. The van der Waals surface area contributed by atoms with Crippen molar-refractivity contribution in [1.82, 2.24) is 24.7 Å². The van der Waals surface area contributed by atoms with Crippen LogP contribution in [-0.2, 0) is 17.8 Å². The van der Waals surface area contributed by atoms with Crippen molar-refractivity contribution in [2.75, 3.05) is 24.5 Å². The van der Waals surface area contributed by atoms with Crippen LogP contribution in [0.1, 0.15) is 108 Å². The van der Waals surface area contributed by atoms with Crippen LogP contribution in [0, 0.1) is 12.3 Å². The van der Waals surface area contributed by atoms with Crippen molar-refractivity contribution >= 4 is 17.6 Å². The third-order valence-electron chi connectivity index (χ3n) is 10.4. The molecule has 1 aromatic carbocycles. The molecule has 8 heteroatoms. The smallest absolute Gasteiger partial charge is 0.322 e. The molecule has 4 heterocycles. The van der Waals surface area contributed by atoms with Gasteiger partial charge in [-0.25, -0.2) is 9.78 Å². The van der Waals surface area contributed by atoms with E-state index in [1.807, 2.05) is 48.8 Å². The molecule has 2 unspecified atom stereocenters. The minimum Gasteiger partial charge on any atom is -0.336 e. The van der Waals surface area contributed by atoms with Gasteiger partial charge in [-0.2, -0.15) is 0 Å². The zero-order chi connectivity index (χ0) is 30.1. The van der Waals surface area contributed by atoms with Gasteiger partial charge in [0.15, 0.2) is 0 Å². The zero-order valence-electron chi connectivity index (χ0n) is 26.9. The molecule has 3 amide bonds. The van der Waals surface area contributed by atoms with Crippen LogP contribution in [0.25, 0.3) is 0 Å². The van der Waals surface area contributed by atoms with E-state index in [2.05, 4.69) is 33.8 Å². The molecule has 2 saturated heterocycles. The Morgan fingerprint density at radius 1 is 0.977 bits per heavy atom. The number of nitrogens with one attached hydrogen (secondary N) is 1. The number of anilines is 1. The van der Waals surface area contributed by atoms with Gasteiger partial charge in [0.25, 0.3) is 0 Å². The number of aromatic nitrogens is 2. The van der Waals surface area contributed by atoms with Crippen molar-refractivity contribution in [2.24, 2.45) is 5.41 Å². The average Bonchev–Trinajstić information content (AvgIpc) is 3.44. The van der Waals surface area contributed by atoms with Gasteiger partial charge in [0.1, 0.15) is 5.82 Å². The van der Waals surface area contributed by atoms with Gasteiger partial charge in [0.2, 0.25) is 5.91 Å². The van der Waals surface area contributed by atoms with Crippen LogP contribution >= 0.6 is 0 Å². The molecule has 8 nitrogen and oxygen atoms in total. The van der Waals surface area contributed by atoms with E-state index >= 15 is 0 Å². The van der Waals surface area contributed by atoms with Gasteiger partial charge >= 0.3 is 6.03 Å². The van der Waals surface area contributed by atoms with Gasteiger partial charge in [-0.1, -0.05) is 58.2 Å². The number of fused-ring (bicyclic) bond motifs is 3. The first-order valence-electron chi connectivity index (χ1n) is 16.9. The van der Waals surface area contributed by atoms with Crippen molar-refractivity contribution in [1.29, 1.82) is 0 Å². The molecule has 1 aromatic heterocycles. The van der Waals surface area contributed by atoms with Gasteiger partial charge in [-0.05, 0) is 64.0 Å². The van der Waals surface area contributed by atoms with Crippen molar-refractivity contribution in [3.8, 4) is 0 Å². The third-order valence-corrected chi connectivity index (χ3v) is 10.4. The Balaban J connectivity index is 1.08. The highest BCUT2D eigenvalue weighted by molar-refractivity contribution is 5.92. The van der Waals surface area contributed by atoms with Crippen LogP contribution < -0.4 is 10.2 Å². The molecule has 43 heavy (non-hydrogen) atoms. The van der Waals surface area contributed by atoms with E-state index in [9.17, 15) is 9.59 Å². The summed E-state index contributed by atoms with van der Waals surface area (Å²) in [4.78, 5) is 38.1. The van der Waals surface area contributed by atoms with Gasteiger partial charge < -0.3 is 14.8 Å². The molecule has 234 valence electrons. The number of amides is 3. The lowest BCUT2D eigenvalue weighted by Crippen LogP contribution is -2.48. The summed E-state index contributed by atoms with van der Waals surface area (Å²) in [6.45, 7) is 11.4. The van der Waals surface area contributed by atoms with E-state index < -0.39 is 0 Å². The van der Waals surface area contributed by atoms with Gasteiger partial charge in [0.05, 0.1) is 12.2 Å². The number of benzene rings is 1. The van der Waals surface area contributed by atoms with Gasteiger partial charge in [-0.3, -0.25) is 14.6 Å². The highest BCUT2D eigenvalue weighted by atomic mass is 16.2. The average molecular weight is 589 g/mol. The SMILES string of the molecule is Cc1nc2c(n1C1CC3CCC(C1)N3CCCN(C(=O)NC1CCCCC1)c1ccccc1)CCN(C(=O)C(C)(C)C)C2. The lowest BCUT2D eigenvalue weighted by atomic mass is 9.93. The van der Waals surface area contributed by atoms with E-state index in [1.54, 1.807) is 0 Å². The van der Waals surface area contributed by atoms with Crippen molar-refractivity contribution < 1.29 is 9.59 Å². The normalized spacial score (nSPS) is 24.6. The predicted molar refractivity (Wildman–Crippen MR) is 171 cm³/mol. The first-order chi connectivity index (χ1) is 20.7. The quantitative estimate of drug-likeness (QED) is 0.416. The number of urea groups is 1. The first-order valence-corrected chi connectivity index (χ1v) is 16.9. The number of aryl methyl sites for hydroxylation is 1. The van der Waals surface area contributed by atoms with Gasteiger partial charge in [0, 0.05) is 67.0 Å². The Hall–Kier alpha value is -2.87. The monoisotopic (exact) mass is 588 g/mol. The summed E-state index contributed by atoms with van der Waals surface area (Å²) in [6.07, 6.45) is 12.6. The second kappa shape index (κ2) is 12.6. The van der Waals surface area contributed by atoms with E-state index in [1.165, 1.54) is 37.8 Å². The molecule has 6 rings (SSSR count). The Kier molecular flexibility index (Phi) is 8.86. The molecule has 4 aliphatic rings. The lowest BCUT2D eigenvalue weighted by molar-refractivity contribution is -0.140. The Bertz CT molecular complexity index is 1260. The minimum absolute atomic E-state index is 0.0582. The summed E-state index contributed by atoms with van der Waals surface area (Å²) in [5.41, 5.74) is 3.08. The van der Waals surface area contributed by atoms with Crippen molar-refractivity contribution in [3.63, 3.8) is 0 Å². The Morgan fingerprint density at radius 3 is 2.35 bits per heavy atom. The standard InChI is InChI=1S/C35H52N6O2/c1-25-36-31-24-38(33(42)35(2,3)4)21-18-32(31)41(25)30-22-28-16-17-29(23-30)39(28)19-11-20-40(27-14-9-6-10-15-27)34(43)37-26-12-7-5-8-13-26/h6,9-10,14-15,26,28-30H,5,7-8,11-13,16-24H2,1-4H3,(H,37,43). The van der Waals surface area contributed by atoms with Crippen molar-refractivity contribution in [2.45, 2.75) is 129 Å². The number of para-hydroxylation sites is 1. The molecule has 1 N–H and O–H groups in total. The number of hydrogen-bond donors (Lipinski definition) is 1. The molecule has 2 atom stereocenters. The minimum atomic E-state index is -0.363. The molecule has 3 aliphatic heterocycles. The third kappa shape index (κ3) is 6.50. The summed E-state index contributed by atoms with van der Waals surface area (Å²) in [6, 6.07) is 12.2. The summed E-state index contributed by atoms with van der Waals surface area (Å²) in [5.74, 6) is 1.32. The Labute approximate surface area is 258 Å². The second-order valence-corrected chi connectivity index (χ2v) is 14.5. The largest absolute Gasteiger partial charge is 0.336 e. The molecule has 1 aliphatic carbocycles. The fourth-order valence-electron chi connectivity index (χ4n) is 8.36. The maximum Gasteiger partial charge on any atom is 0.322 e. The van der Waals surface area contributed by atoms with E-state index in [4.69, 9.17) is 4.98 Å². The Morgan fingerprint density at radius 2 is 1.67 bits per heavy atom. The van der Waals surface area contributed by atoms with E-state index in [-0.39, 0.29) is 17.4 Å². The number of nitrogens with zero attached hydrogens (tertiary/aromatic N) is 5. The summed E-state index contributed by atoms with van der Waals surface area (Å²) >= 11 is 0. The molecule has 3 fully saturated rings. The summed E-state index contributed by atoms with van der Waals surface area (Å²) in [7, 11) is 0. The number of piperidine rings is 1. The predicted octanol–water partition coefficient (Wildman–Crippen LogP) is 6.23. The second-order valence-electron chi connectivity index (χ2n) is 14.5. The maximum absolute atomic E-state index is 13.4. The number of hydrogen-bond acceptors (Lipinski definition) is 4. The molecule has 0 spiro atoms. The number of rotatable bonds is 7. The molecule has 0 radical (unpaired) electrons. The van der Waals surface area contributed by atoms with Crippen LogP contribution in [-0.4, -0.2) is 69.0 Å². The summed E-state index contributed by atoms with van der Waals surface area (Å²) in [5, 5.41) is 3.35. The maximum atomic E-state index is 13.4. The highest BCUT2D eigenvalue weighted by Gasteiger charge is 2.42. The molecule has 2 aromatic rings. The number of carbonyl (C=O) groups excluding carboxylic acids is 2. The van der Waals surface area contributed by atoms with E-state index in [0.717, 1.165) is 75.4 Å².